The van der Waals surface area contributed by atoms with E-state index in [1.807, 2.05) is 6.07 Å². The maximum absolute atomic E-state index is 5.65. The molecule has 1 heterocycles. The van der Waals surface area contributed by atoms with Crippen molar-refractivity contribution in [2.45, 2.75) is 39.2 Å². The number of hydrogen-bond donors (Lipinski definition) is 1. The standard InChI is InChI=1S/C15H24N2O/c1-2-11-18-15-8-6-7-14(12-15)13-16-17-9-4-3-5-10-17/h6-8,12,16H,2-5,9-11,13H2,1H3. The molecule has 1 saturated heterocycles. The summed E-state index contributed by atoms with van der Waals surface area (Å²) in [5.41, 5.74) is 4.79. The van der Waals surface area contributed by atoms with Gasteiger partial charge in [0.05, 0.1) is 6.61 Å². The van der Waals surface area contributed by atoms with Gasteiger partial charge in [-0.25, -0.2) is 5.01 Å². The number of piperidine rings is 1. The zero-order chi connectivity index (χ0) is 12.6. The normalized spacial score (nSPS) is 16.7. The predicted molar refractivity (Wildman–Crippen MR) is 74.5 cm³/mol. The number of benzene rings is 1. The van der Waals surface area contributed by atoms with E-state index in [2.05, 4.69) is 35.6 Å². The van der Waals surface area contributed by atoms with Gasteiger partial charge in [-0.2, -0.15) is 0 Å². The van der Waals surface area contributed by atoms with Crippen LogP contribution in [0.3, 0.4) is 0 Å². The lowest BCUT2D eigenvalue weighted by atomic mass is 10.2. The molecule has 1 aliphatic rings. The lowest BCUT2D eigenvalue weighted by Gasteiger charge is -2.27. The molecule has 0 saturated carbocycles. The van der Waals surface area contributed by atoms with Gasteiger partial charge in [0.2, 0.25) is 0 Å². The summed E-state index contributed by atoms with van der Waals surface area (Å²) < 4.78 is 5.65. The number of ether oxygens (including phenoxy) is 1. The van der Waals surface area contributed by atoms with Gasteiger partial charge >= 0.3 is 0 Å². The van der Waals surface area contributed by atoms with Gasteiger partial charge in [-0.3, -0.25) is 5.43 Å². The van der Waals surface area contributed by atoms with Crippen LogP contribution in [-0.4, -0.2) is 24.7 Å². The molecular weight excluding hydrogens is 224 g/mol. The van der Waals surface area contributed by atoms with Gasteiger partial charge in [0.25, 0.3) is 0 Å². The topological polar surface area (TPSA) is 24.5 Å². The van der Waals surface area contributed by atoms with E-state index in [1.54, 1.807) is 0 Å². The van der Waals surface area contributed by atoms with Crippen molar-refractivity contribution in [2.24, 2.45) is 0 Å². The minimum absolute atomic E-state index is 0.795. The second-order valence-corrected chi connectivity index (χ2v) is 4.88. The Morgan fingerprint density at radius 1 is 1.22 bits per heavy atom. The van der Waals surface area contributed by atoms with Gasteiger partial charge in [0.15, 0.2) is 0 Å². The van der Waals surface area contributed by atoms with E-state index < -0.39 is 0 Å². The van der Waals surface area contributed by atoms with Crippen molar-refractivity contribution in [1.82, 2.24) is 10.4 Å². The summed E-state index contributed by atoms with van der Waals surface area (Å²) in [6.07, 6.45) is 5.05. The molecule has 18 heavy (non-hydrogen) atoms. The van der Waals surface area contributed by atoms with Crippen LogP contribution in [0, 0.1) is 0 Å². The molecule has 3 heteroatoms. The fraction of sp³-hybridized carbons (Fsp3) is 0.600. The highest BCUT2D eigenvalue weighted by atomic mass is 16.5. The Morgan fingerprint density at radius 2 is 2.06 bits per heavy atom. The molecule has 0 spiro atoms. The van der Waals surface area contributed by atoms with Gasteiger partial charge < -0.3 is 4.74 Å². The Labute approximate surface area is 110 Å². The third kappa shape index (κ3) is 4.31. The largest absolute Gasteiger partial charge is 0.494 e. The lowest BCUT2D eigenvalue weighted by molar-refractivity contribution is 0.151. The first-order chi connectivity index (χ1) is 8.88. The summed E-state index contributed by atoms with van der Waals surface area (Å²) in [5, 5.41) is 2.34. The number of nitrogens with zero attached hydrogens (tertiary/aromatic N) is 1. The Bertz CT molecular complexity index is 348. The molecule has 0 unspecified atom stereocenters. The van der Waals surface area contributed by atoms with E-state index in [0.717, 1.165) is 25.3 Å². The number of rotatable bonds is 6. The van der Waals surface area contributed by atoms with Crippen molar-refractivity contribution in [3.05, 3.63) is 29.8 Å². The zero-order valence-corrected chi connectivity index (χ0v) is 11.3. The summed E-state index contributed by atoms with van der Waals surface area (Å²) in [4.78, 5) is 0. The van der Waals surface area contributed by atoms with Crippen molar-refractivity contribution >= 4 is 0 Å². The van der Waals surface area contributed by atoms with Crippen LogP contribution >= 0.6 is 0 Å². The highest BCUT2D eigenvalue weighted by Gasteiger charge is 2.08. The molecule has 2 rings (SSSR count). The molecule has 1 aromatic rings. The Morgan fingerprint density at radius 3 is 2.83 bits per heavy atom. The lowest BCUT2D eigenvalue weighted by Crippen LogP contribution is -2.41. The summed E-state index contributed by atoms with van der Waals surface area (Å²) >= 11 is 0. The van der Waals surface area contributed by atoms with Crippen LogP contribution in [0.2, 0.25) is 0 Å². The minimum atomic E-state index is 0.795. The monoisotopic (exact) mass is 248 g/mol. The molecule has 0 radical (unpaired) electrons. The molecule has 3 nitrogen and oxygen atoms in total. The zero-order valence-electron chi connectivity index (χ0n) is 11.3. The second kappa shape index (κ2) is 7.39. The quantitative estimate of drug-likeness (QED) is 0.837. The molecule has 100 valence electrons. The van der Waals surface area contributed by atoms with E-state index in [9.17, 15) is 0 Å². The van der Waals surface area contributed by atoms with Crippen molar-refractivity contribution < 1.29 is 4.74 Å². The molecule has 1 N–H and O–H groups in total. The second-order valence-electron chi connectivity index (χ2n) is 4.88. The highest BCUT2D eigenvalue weighted by molar-refractivity contribution is 5.28. The van der Waals surface area contributed by atoms with Crippen molar-refractivity contribution in [3.63, 3.8) is 0 Å². The molecule has 0 bridgehead atoms. The Balaban J connectivity index is 1.80. The number of nitrogens with one attached hydrogen (secondary N) is 1. The van der Waals surface area contributed by atoms with Crippen molar-refractivity contribution in [2.75, 3.05) is 19.7 Å². The maximum atomic E-state index is 5.65. The van der Waals surface area contributed by atoms with E-state index in [-0.39, 0.29) is 0 Å². The molecule has 0 aliphatic carbocycles. The third-order valence-electron chi connectivity index (χ3n) is 3.23. The number of hydrazine groups is 1. The van der Waals surface area contributed by atoms with E-state index >= 15 is 0 Å². The molecule has 0 aromatic heterocycles. The van der Waals surface area contributed by atoms with Gasteiger partial charge in [0.1, 0.15) is 5.75 Å². The summed E-state index contributed by atoms with van der Waals surface area (Å²) in [6, 6.07) is 8.38. The van der Waals surface area contributed by atoms with Crippen LogP contribution in [0.5, 0.6) is 5.75 Å². The van der Waals surface area contributed by atoms with Crippen LogP contribution in [0.15, 0.2) is 24.3 Å². The third-order valence-corrected chi connectivity index (χ3v) is 3.23. The first kappa shape index (κ1) is 13.4. The van der Waals surface area contributed by atoms with Crippen LogP contribution < -0.4 is 10.2 Å². The Hall–Kier alpha value is -1.06. The van der Waals surface area contributed by atoms with E-state index in [1.165, 1.54) is 37.9 Å². The van der Waals surface area contributed by atoms with Crippen LogP contribution in [0.4, 0.5) is 0 Å². The van der Waals surface area contributed by atoms with Crippen molar-refractivity contribution in [1.29, 1.82) is 0 Å². The summed E-state index contributed by atoms with van der Waals surface area (Å²) in [7, 11) is 0. The van der Waals surface area contributed by atoms with Gasteiger partial charge in [-0.1, -0.05) is 25.5 Å². The number of hydrogen-bond acceptors (Lipinski definition) is 3. The highest BCUT2D eigenvalue weighted by Crippen LogP contribution is 2.14. The van der Waals surface area contributed by atoms with Crippen LogP contribution in [0.1, 0.15) is 38.2 Å². The predicted octanol–water partition coefficient (Wildman–Crippen LogP) is 2.97. The molecular formula is C15H24N2O. The van der Waals surface area contributed by atoms with Crippen molar-refractivity contribution in [3.8, 4) is 5.75 Å². The van der Waals surface area contributed by atoms with Gasteiger partial charge in [-0.15, -0.1) is 0 Å². The van der Waals surface area contributed by atoms with Gasteiger partial charge in [-0.05, 0) is 37.0 Å². The molecule has 0 atom stereocenters. The fourth-order valence-electron chi connectivity index (χ4n) is 2.22. The molecule has 1 fully saturated rings. The first-order valence-corrected chi connectivity index (χ1v) is 7.08. The van der Waals surface area contributed by atoms with E-state index in [4.69, 9.17) is 4.74 Å². The fourth-order valence-corrected chi connectivity index (χ4v) is 2.22. The molecule has 0 amide bonds. The maximum Gasteiger partial charge on any atom is 0.119 e. The minimum Gasteiger partial charge on any atom is -0.494 e. The molecule has 1 aromatic carbocycles. The van der Waals surface area contributed by atoms with E-state index in [0.29, 0.717) is 0 Å². The van der Waals surface area contributed by atoms with Gasteiger partial charge in [0, 0.05) is 19.6 Å². The smallest absolute Gasteiger partial charge is 0.119 e. The van der Waals surface area contributed by atoms with Crippen LogP contribution in [0.25, 0.3) is 0 Å². The summed E-state index contributed by atoms with van der Waals surface area (Å²) in [5.74, 6) is 0.981. The van der Waals surface area contributed by atoms with Crippen LogP contribution in [-0.2, 0) is 6.54 Å². The average Bonchev–Trinajstić information content (AvgIpc) is 2.44. The first-order valence-electron chi connectivity index (χ1n) is 7.08. The Kier molecular flexibility index (Phi) is 5.49. The average molecular weight is 248 g/mol. The molecule has 1 aliphatic heterocycles. The SMILES string of the molecule is CCCOc1cccc(CNN2CCCCC2)c1. The summed E-state index contributed by atoms with van der Waals surface area (Å²) in [6.45, 7) is 6.16.